The third kappa shape index (κ3) is 20.4. The van der Waals surface area contributed by atoms with Gasteiger partial charge < -0.3 is 41.4 Å². The first-order valence-corrected chi connectivity index (χ1v) is 11.4. The summed E-state index contributed by atoms with van der Waals surface area (Å²) in [6.45, 7) is 15.4. The van der Waals surface area contributed by atoms with Gasteiger partial charge in [0.2, 0.25) is 0 Å². The molecule has 0 aromatic carbocycles. The van der Waals surface area contributed by atoms with Crippen LogP contribution in [0.1, 0.15) is 25.7 Å². The molecule has 1 rings (SSSR count). The van der Waals surface area contributed by atoms with E-state index in [1.165, 1.54) is 12.8 Å². The lowest BCUT2D eigenvalue weighted by Gasteiger charge is -2.10. The molecule has 1 heterocycles. The van der Waals surface area contributed by atoms with Gasteiger partial charge in [-0.1, -0.05) is 0 Å². The minimum absolute atomic E-state index is 0.777. The highest BCUT2D eigenvalue weighted by molar-refractivity contribution is 4.57. The monoisotopic (exact) mass is 402 g/mol. The Hall–Kier alpha value is -0.320. The predicted octanol–water partition coefficient (Wildman–Crippen LogP) is -0.869. The van der Waals surface area contributed by atoms with Gasteiger partial charge in [0.25, 0.3) is 0 Å². The summed E-state index contributed by atoms with van der Waals surface area (Å²) in [6, 6.07) is 0. The van der Waals surface area contributed by atoms with Crippen LogP contribution >= 0.6 is 0 Å². The lowest BCUT2D eigenvalue weighted by Crippen LogP contribution is -2.34. The van der Waals surface area contributed by atoms with Gasteiger partial charge in [0.1, 0.15) is 0 Å². The molecule has 0 radical (unpaired) electrons. The highest BCUT2D eigenvalue weighted by atomic mass is 16.5. The Kier molecular flexibility index (Phi) is 21.1. The van der Waals surface area contributed by atoms with Gasteiger partial charge in [-0.25, -0.2) is 0 Å². The van der Waals surface area contributed by atoms with E-state index in [0.29, 0.717) is 0 Å². The molecule has 0 aromatic heterocycles. The minimum atomic E-state index is 0.777. The normalized spacial score (nSPS) is 24.0. The average Bonchev–Trinajstić information content (AvgIpc) is 2.71. The summed E-state index contributed by atoms with van der Waals surface area (Å²) < 4.78 is 11.3. The van der Waals surface area contributed by atoms with E-state index < -0.39 is 0 Å². The number of nitrogens with one attached hydrogen (secondary N) is 6. The second-order valence-corrected chi connectivity index (χ2v) is 7.14. The van der Waals surface area contributed by atoms with E-state index in [1.54, 1.807) is 0 Å². The first-order valence-electron chi connectivity index (χ1n) is 11.4. The smallest absolute Gasteiger partial charge is 0.0591 e. The standard InChI is InChI=1S/C20H46N6O2/c1-2-17-27-18-15-25-12-10-24-11-13-26-16-20-28-19-14-23-9-4-8-22-7-3-6-21-5-1/h21-26H,1-20H2. The van der Waals surface area contributed by atoms with Crippen LogP contribution in [0.2, 0.25) is 0 Å². The summed E-state index contributed by atoms with van der Waals surface area (Å²) >= 11 is 0. The highest BCUT2D eigenvalue weighted by Gasteiger charge is 1.95. The van der Waals surface area contributed by atoms with Crippen molar-refractivity contribution in [3.63, 3.8) is 0 Å². The maximum Gasteiger partial charge on any atom is 0.0591 e. The van der Waals surface area contributed by atoms with Gasteiger partial charge in [-0.3, -0.25) is 0 Å². The van der Waals surface area contributed by atoms with Gasteiger partial charge in [0.05, 0.1) is 19.8 Å². The summed E-state index contributed by atoms with van der Waals surface area (Å²) in [5, 5.41) is 20.7. The molecule has 28 heavy (non-hydrogen) atoms. The van der Waals surface area contributed by atoms with Crippen LogP contribution in [0.5, 0.6) is 0 Å². The molecule has 1 fully saturated rings. The molecule has 168 valence electrons. The van der Waals surface area contributed by atoms with Crippen molar-refractivity contribution in [2.24, 2.45) is 0 Å². The van der Waals surface area contributed by atoms with Crippen molar-refractivity contribution in [2.75, 3.05) is 105 Å². The number of hydrogen-bond donors (Lipinski definition) is 6. The Morgan fingerprint density at radius 3 is 1.18 bits per heavy atom. The molecule has 0 aromatic rings. The van der Waals surface area contributed by atoms with E-state index in [2.05, 4.69) is 31.9 Å². The molecule has 0 amide bonds. The first-order chi connectivity index (χ1) is 14.0. The first kappa shape index (κ1) is 25.7. The molecule has 0 saturated carbocycles. The maximum absolute atomic E-state index is 5.67. The molecule has 1 saturated heterocycles. The van der Waals surface area contributed by atoms with E-state index in [-0.39, 0.29) is 0 Å². The predicted molar refractivity (Wildman–Crippen MR) is 117 cm³/mol. The maximum atomic E-state index is 5.67. The van der Waals surface area contributed by atoms with Crippen molar-refractivity contribution in [3.05, 3.63) is 0 Å². The van der Waals surface area contributed by atoms with Crippen LogP contribution in [-0.2, 0) is 9.47 Å². The Balaban J connectivity index is 2.00. The van der Waals surface area contributed by atoms with E-state index in [9.17, 15) is 0 Å². The van der Waals surface area contributed by atoms with Crippen molar-refractivity contribution < 1.29 is 9.47 Å². The molecular weight excluding hydrogens is 356 g/mol. The highest BCUT2D eigenvalue weighted by Crippen LogP contribution is 1.88. The van der Waals surface area contributed by atoms with Gasteiger partial charge in [-0.05, 0) is 58.4 Å². The quantitative estimate of drug-likeness (QED) is 0.312. The number of hydrogen-bond acceptors (Lipinski definition) is 8. The lowest BCUT2D eigenvalue weighted by molar-refractivity contribution is 0.132. The molecule has 1 aliphatic heterocycles. The van der Waals surface area contributed by atoms with Gasteiger partial charge >= 0.3 is 0 Å². The molecule has 0 bridgehead atoms. The van der Waals surface area contributed by atoms with Crippen molar-refractivity contribution in [1.82, 2.24) is 31.9 Å². The molecule has 8 heteroatoms. The molecule has 0 atom stereocenters. The van der Waals surface area contributed by atoms with Crippen molar-refractivity contribution in [2.45, 2.75) is 25.7 Å². The Labute approximate surface area is 172 Å². The number of ether oxygens (including phenoxy) is 2. The fourth-order valence-electron chi connectivity index (χ4n) is 2.87. The third-order valence-electron chi connectivity index (χ3n) is 4.53. The summed E-state index contributed by atoms with van der Waals surface area (Å²) in [7, 11) is 0. The van der Waals surface area contributed by atoms with Gasteiger partial charge in [0, 0.05) is 52.4 Å². The molecule has 8 nitrogen and oxygen atoms in total. The van der Waals surface area contributed by atoms with Crippen LogP contribution < -0.4 is 31.9 Å². The summed E-state index contributed by atoms with van der Waals surface area (Å²) in [5.74, 6) is 0. The Bertz CT molecular complexity index is 165. The van der Waals surface area contributed by atoms with E-state index in [1.807, 2.05) is 0 Å². The topological polar surface area (TPSA) is 90.6 Å². The molecule has 1 aliphatic rings. The fourth-order valence-corrected chi connectivity index (χ4v) is 2.87. The summed E-state index contributed by atoms with van der Waals surface area (Å²) in [6.07, 6.45) is 4.68. The SMILES string of the molecule is C1CCOCCNCCNCCNCCOCCNCCCNCCCNC1. The van der Waals surface area contributed by atoms with E-state index >= 15 is 0 Å². The fraction of sp³-hybridized carbons (Fsp3) is 1.00. The zero-order valence-electron chi connectivity index (χ0n) is 18.0. The zero-order valence-corrected chi connectivity index (χ0v) is 18.0. The molecule has 0 unspecified atom stereocenters. The Morgan fingerprint density at radius 2 is 0.643 bits per heavy atom. The third-order valence-corrected chi connectivity index (χ3v) is 4.53. The van der Waals surface area contributed by atoms with Gasteiger partial charge in [-0.15, -0.1) is 0 Å². The van der Waals surface area contributed by atoms with Crippen LogP contribution in [0.4, 0.5) is 0 Å². The summed E-state index contributed by atoms with van der Waals surface area (Å²) in [4.78, 5) is 0. The average molecular weight is 403 g/mol. The molecule has 6 N–H and O–H groups in total. The van der Waals surface area contributed by atoms with Crippen LogP contribution in [-0.4, -0.2) is 105 Å². The van der Waals surface area contributed by atoms with Crippen LogP contribution in [0, 0.1) is 0 Å². The van der Waals surface area contributed by atoms with Crippen LogP contribution in [0.25, 0.3) is 0 Å². The van der Waals surface area contributed by atoms with Gasteiger partial charge in [0.15, 0.2) is 0 Å². The van der Waals surface area contributed by atoms with E-state index in [4.69, 9.17) is 9.47 Å². The molecule has 0 aliphatic carbocycles. The Morgan fingerprint density at radius 1 is 0.286 bits per heavy atom. The minimum Gasteiger partial charge on any atom is -0.380 e. The molecular formula is C20H46N6O2. The summed E-state index contributed by atoms with van der Waals surface area (Å²) in [5.41, 5.74) is 0. The van der Waals surface area contributed by atoms with E-state index in [0.717, 1.165) is 118 Å². The van der Waals surface area contributed by atoms with Gasteiger partial charge in [-0.2, -0.15) is 0 Å². The van der Waals surface area contributed by atoms with Crippen molar-refractivity contribution >= 4 is 0 Å². The molecule has 0 spiro atoms. The second-order valence-electron chi connectivity index (χ2n) is 7.14. The van der Waals surface area contributed by atoms with Crippen LogP contribution in [0.3, 0.4) is 0 Å². The van der Waals surface area contributed by atoms with Crippen LogP contribution in [0.15, 0.2) is 0 Å². The van der Waals surface area contributed by atoms with Crippen molar-refractivity contribution in [1.29, 1.82) is 0 Å². The lowest BCUT2D eigenvalue weighted by atomic mass is 10.3. The zero-order chi connectivity index (χ0) is 19.8. The second kappa shape index (κ2) is 23.0. The largest absolute Gasteiger partial charge is 0.380 e. The van der Waals surface area contributed by atoms with Crippen molar-refractivity contribution in [3.8, 4) is 0 Å². The number of rotatable bonds is 0.